The summed E-state index contributed by atoms with van der Waals surface area (Å²) in [4.78, 5) is 12.5. The van der Waals surface area contributed by atoms with Gasteiger partial charge in [-0.05, 0) is 48.2 Å². The van der Waals surface area contributed by atoms with Crippen molar-refractivity contribution >= 4 is 11.6 Å². The number of anilines is 1. The minimum atomic E-state index is -0.114. The van der Waals surface area contributed by atoms with Crippen molar-refractivity contribution in [1.29, 1.82) is 0 Å². The van der Waals surface area contributed by atoms with Crippen LogP contribution in [-0.2, 0) is 0 Å². The molecule has 0 radical (unpaired) electrons. The van der Waals surface area contributed by atoms with Crippen molar-refractivity contribution in [2.75, 3.05) is 11.9 Å². The maximum absolute atomic E-state index is 12.5. The van der Waals surface area contributed by atoms with Crippen LogP contribution in [0.4, 0.5) is 5.69 Å². The summed E-state index contributed by atoms with van der Waals surface area (Å²) in [6.07, 6.45) is 1.69. The maximum atomic E-state index is 12.5. The second kappa shape index (κ2) is 7.63. The normalized spacial score (nSPS) is 10.4. The topological polar surface area (TPSA) is 38.3 Å². The molecule has 0 atom stereocenters. The summed E-state index contributed by atoms with van der Waals surface area (Å²) < 4.78 is 5.43. The lowest BCUT2D eigenvalue weighted by atomic mass is 9.98. The Balaban J connectivity index is 2.18. The van der Waals surface area contributed by atoms with Crippen LogP contribution in [0, 0.1) is 6.92 Å². The molecule has 3 heteroatoms. The van der Waals surface area contributed by atoms with Crippen LogP contribution in [0.5, 0.6) is 5.75 Å². The van der Waals surface area contributed by atoms with Crippen LogP contribution in [0.1, 0.15) is 41.3 Å². The molecule has 120 valence electrons. The lowest BCUT2D eigenvalue weighted by molar-refractivity contribution is 0.102. The Hall–Kier alpha value is -2.55. The van der Waals surface area contributed by atoms with Gasteiger partial charge in [0.25, 0.3) is 5.91 Å². The van der Waals surface area contributed by atoms with Crippen molar-refractivity contribution in [3.63, 3.8) is 0 Å². The number of carbonyl (C=O) groups is 1. The van der Waals surface area contributed by atoms with Crippen molar-refractivity contribution in [3.8, 4) is 5.75 Å². The summed E-state index contributed by atoms with van der Waals surface area (Å²) in [6.45, 7) is 10.3. The Morgan fingerprint density at radius 2 is 1.91 bits per heavy atom. The zero-order valence-electron chi connectivity index (χ0n) is 13.9. The van der Waals surface area contributed by atoms with Gasteiger partial charge < -0.3 is 10.1 Å². The molecular formula is C20H23NO2. The van der Waals surface area contributed by atoms with Gasteiger partial charge in [0.1, 0.15) is 12.4 Å². The van der Waals surface area contributed by atoms with E-state index >= 15 is 0 Å². The Morgan fingerprint density at radius 3 is 2.52 bits per heavy atom. The van der Waals surface area contributed by atoms with E-state index in [1.807, 2.05) is 19.1 Å². The molecule has 0 aliphatic carbocycles. The fourth-order valence-electron chi connectivity index (χ4n) is 2.39. The molecule has 1 amide bonds. The second-order valence-electron chi connectivity index (χ2n) is 5.77. The standard InChI is InChI=1S/C20H23NO2/c1-5-13-23-17-11-9-16(10-12-17)20(22)21-19-15(4)7-6-8-18(19)14(2)3/h5-12,14H,1,13H2,2-4H3,(H,21,22). The molecule has 1 N–H and O–H groups in total. The molecule has 0 aliphatic heterocycles. The van der Waals surface area contributed by atoms with Gasteiger partial charge in [-0.25, -0.2) is 0 Å². The Morgan fingerprint density at radius 1 is 1.22 bits per heavy atom. The number of rotatable bonds is 6. The first kappa shape index (κ1) is 16.8. The van der Waals surface area contributed by atoms with E-state index in [1.54, 1.807) is 30.3 Å². The maximum Gasteiger partial charge on any atom is 0.255 e. The first-order valence-corrected chi connectivity index (χ1v) is 7.77. The van der Waals surface area contributed by atoms with Crippen LogP contribution in [0.2, 0.25) is 0 Å². The van der Waals surface area contributed by atoms with Gasteiger partial charge >= 0.3 is 0 Å². The quantitative estimate of drug-likeness (QED) is 0.768. The molecule has 2 aromatic carbocycles. The number of hydrogen-bond acceptors (Lipinski definition) is 2. The van der Waals surface area contributed by atoms with Crippen molar-refractivity contribution in [2.45, 2.75) is 26.7 Å². The first-order valence-electron chi connectivity index (χ1n) is 7.77. The fourth-order valence-corrected chi connectivity index (χ4v) is 2.39. The first-order chi connectivity index (χ1) is 11.0. The van der Waals surface area contributed by atoms with Crippen molar-refractivity contribution in [3.05, 3.63) is 71.8 Å². The number of para-hydroxylation sites is 1. The van der Waals surface area contributed by atoms with Crippen LogP contribution >= 0.6 is 0 Å². The highest BCUT2D eigenvalue weighted by Gasteiger charge is 2.13. The molecule has 0 spiro atoms. The molecule has 2 rings (SSSR count). The molecule has 23 heavy (non-hydrogen) atoms. The highest BCUT2D eigenvalue weighted by molar-refractivity contribution is 6.05. The summed E-state index contributed by atoms with van der Waals surface area (Å²) in [5.41, 5.74) is 3.72. The van der Waals surface area contributed by atoms with Gasteiger partial charge in [-0.2, -0.15) is 0 Å². The molecule has 0 aromatic heterocycles. The number of nitrogens with one attached hydrogen (secondary N) is 1. The molecule has 2 aromatic rings. The smallest absolute Gasteiger partial charge is 0.255 e. The van der Waals surface area contributed by atoms with E-state index in [-0.39, 0.29) is 5.91 Å². The lowest BCUT2D eigenvalue weighted by Gasteiger charge is -2.16. The molecule has 0 saturated heterocycles. The number of hydrogen-bond donors (Lipinski definition) is 1. The molecule has 0 aliphatic rings. The van der Waals surface area contributed by atoms with Crippen LogP contribution in [0.15, 0.2) is 55.1 Å². The zero-order chi connectivity index (χ0) is 16.8. The van der Waals surface area contributed by atoms with E-state index < -0.39 is 0 Å². The molecule has 3 nitrogen and oxygen atoms in total. The van der Waals surface area contributed by atoms with Gasteiger partial charge in [-0.3, -0.25) is 4.79 Å². The summed E-state index contributed by atoms with van der Waals surface area (Å²) in [5, 5.41) is 3.04. The Kier molecular flexibility index (Phi) is 5.58. The van der Waals surface area contributed by atoms with E-state index in [1.165, 1.54) is 0 Å². The third-order valence-electron chi connectivity index (χ3n) is 3.65. The van der Waals surface area contributed by atoms with Crippen molar-refractivity contribution in [2.24, 2.45) is 0 Å². The molecule has 0 heterocycles. The van der Waals surface area contributed by atoms with Gasteiger partial charge in [-0.1, -0.05) is 44.7 Å². The summed E-state index contributed by atoms with van der Waals surface area (Å²) in [5.74, 6) is 0.955. The Labute approximate surface area is 138 Å². The molecule has 0 bridgehead atoms. The van der Waals surface area contributed by atoms with Crippen LogP contribution in [-0.4, -0.2) is 12.5 Å². The van der Waals surface area contributed by atoms with Crippen LogP contribution < -0.4 is 10.1 Å². The van der Waals surface area contributed by atoms with E-state index in [2.05, 4.69) is 31.8 Å². The number of aryl methyl sites for hydroxylation is 1. The third-order valence-corrected chi connectivity index (χ3v) is 3.65. The summed E-state index contributed by atoms with van der Waals surface area (Å²) >= 11 is 0. The molecule has 0 fully saturated rings. The van der Waals surface area contributed by atoms with Crippen molar-refractivity contribution < 1.29 is 9.53 Å². The summed E-state index contributed by atoms with van der Waals surface area (Å²) in [7, 11) is 0. The average Bonchev–Trinajstić information content (AvgIpc) is 2.55. The number of benzene rings is 2. The largest absolute Gasteiger partial charge is 0.490 e. The van der Waals surface area contributed by atoms with Crippen LogP contribution in [0.3, 0.4) is 0 Å². The van der Waals surface area contributed by atoms with Gasteiger partial charge in [0.15, 0.2) is 0 Å². The van der Waals surface area contributed by atoms with Crippen molar-refractivity contribution in [1.82, 2.24) is 0 Å². The van der Waals surface area contributed by atoms with E-state index in [9.17, 15) is 4.79 Å². The average molecular weight is 309 g/mol. The number of carbonyl (C=O) groups excluding carboxylic acids is 1. The second-order valence-corrected chi connectivity index (χ2v) is 5.77. The number of ether oxygens (including phenoxy) is 1. The molecule has 0 saturated carbocycles. The van der Waals surface area contributed by atoms with Crippen LogP contribution in [0.25, 0.3) is 0 Å². The molecular weight excluding hydrogens is 286 g/mol. The minimum absolute atomic E-state index is 0.114. The van der Waals surface area contributed by atoms with Gasteiger partial charge in [0.05, 0.1) is 0 Å². The van der Waals surface area contributed by atoms with Gasteiger partial charge in [0.2, 0.25) is 0 Å². The Bertz CT molecular complexity index is 687. The third kappa shape index (κ3) is 4.22. The predicted molar refractivity (Wildman–Crippen MR) is 95.4 cm³/mol. The zero-order valence-corrected chi connectivity index (χ0v) is 13.9. The van der Waals surface area contributed by atoms with Gasteiger partial charge in [0, 0.05) is 11.3 Å². The van der Waals surface area contributed by atoms with E-state index in [0.717, 1.165) is 22.6 Å². The highest BCUT2D eigenvalue weighted by atomic mass is 16.5. The lowest BCUT2D eigenvalue weighted by Crippen LogP contribution is -2.14. The highest BCUT2D eigenvalue weighted by Crippen LogP contribution is 2.28. The SMILES string of the molecule is C=CCOc1ccc(C(=O)Nc2c(C)cccc2C(C)C)cc1. The van der Waals surface area contributed by atoms with E-state index in [0.29, 0.717) is 18.1 Å². The number of amides is 1. The van der Waals surface area contributed by atoms with Gasteiger partial charge in [-0.15, -0.1) is 0 Å². The van der Waals surface area contributed by atoms with E-state index in [4.69, 9.17) is 4.74 Å². The minimum Gasteiger partial charge on any atom is -0.490 e. The fraction of sp³-hybridized carbons (Fsp3) is 0.250. The molecule has 0 unspecified atom stereocenters. The predicted octanol–water partition coefficient (Wildman–Crippen LogP) is 4.94. The monoisotopic (exact) mass is 309 g/mol. The summed E-state index contributed by atoms with van der Waals surface area (Å²) in [6, 6.07) is 13.2.